The quantitative estimate of drug-likeness (QED) is 0.0283. The lowest BCUT2D eigenvalue weighted by Gasteiger charge is -2.22. The standard InChI is InChI=1S/C47H51NO10/c1-52-41-30-36(31-42(53-2)45(41)54-3)46(50)56-28-14-25-48(24-13-27-55-37-21-19-33-20-22-43(49)58-40(33)32-37)23-11-5-4-6-12-26-57-47(51)44-38-17-9-7-15-34(38)29-35-16-8-10-18-39(35)44/h7-10,15-22,29-32H,4-6,11-14,23-28H2,1-3H3. The van der Waals surface area contributed by atoms with Crippen LogP contribution >= 0.6 is 0 Å². The third kappa shape index (κ3) is 10.9. The maximum Gasteiger partial charge on any atom is 0.339 e. The molecule has 0 saturated carbocycles. The van der Waals surface area contributed by atoms with E-state index in [1.807, 2.05) is 60.7 Å². The number of carbonyl (C=O) groups is 2. The van der Waals surface area contributed by atoms with Crippen LogP contribution in [0.25, 0.3) is 32.5 Å². The van der Waals surface area contributed by atoms with Crippen molar-refractivity contribution in [3.8, 4) is 23.0 Å². The fraction of sp³-hybridized carbons (Fsp3) is 0.340. The molecule has 5 aromatic carbocycles. The first kappa shape index (κ1) is 41.6. The van der Waals surface area contributed by atoms with Crippen LogP contribution in [-0.2, 0) is 9.47 Å². The van der Waals surface area contributed by atoms with Gasteiger partial charge in [-0.15, -0.1) is 0 Å². The Labute approximate surface area is 338 Å². The summed E-state index contributed by atoms with van der Waals surface area (Å²) in [5.41, 5.74) is 1.03. The molecule has 0 amide bonds. The number of ether oxygens (including phenoxy) is 6. The molecular formula is C47H51NO10. The molecule has 11 nitrogen and oxygen atoms in total. The Bertz CT molecular complexity index is 2290. The van der Waals surface area contributed by atoms with Crippen molar-refractivity contribution in [3.63, 3.8) is 0 Å². The molecule has 58 heavy (non-hydrogen) atoms. The molecule has 1 aromatic heterocycles. The van der Waals surface area contributed by atoms with Crippen molar-refractivity contribution in [1.29, 1.82) is 0 Å². The van der Waals surface area contributed by atoms with Gasteiger partial charge in [0.25, 0.3) is 0 Å². The van der Waals surface area contributed by atoms with Crippen LogP contribution in [0.5, 0.6) is 23.0 Å². The van der Waals surface area contributed by atoms with Crippen molar-refractivity contribution in [1.82, 2.24) is 4.90 Å². The number of rotatable bonds is 22. The zero-order chi connectivity index (χ0) is 40.7. The van der Waals surface area contributed by atoms with Crippen LogP contribution in [0.4, 0.5) is 0 Å². The molecule has 304 valence electrons. The number of carbonyl (C=O) groups excluding carboxylic acids is 2. The van der Waals surface area contributed by atoms with Gasteiger partial charge in [0.2, 0.25) is 5.75 Å². The predicted molar refractivity (Wildman–Crippen MR) is 225 cm³/mol. The second kappa shape index (κ2) is 20.9. The molecule has 0 N–H and O–H groups in total. The predicted octanol–water partition coefficient (Wildman–Crippen LogP) is 9.25. The highest BCUT2D eigenvalue weighted by molar-refractivity contribution is 6.16. The zero-order valence-corrected chi connectivity index (χ0v) is 33.5. The number of benzene rings is 5. The summed E-state index contributed by atoms with van der Waals surface area (Å²) in [6, 6.07) is 29.8. The molecule has 11 heteroatoms. The van der Waals surface area contributed by atoms with Gasteiger partial charge in [-0.1, -0.05) is 67.8 Å². The van der Waals surface area contributed by atoms with Gasteiger partial charge >= 0.3 is 17.6 Å². The highest BCUT2D eigenvalue weighted by Crippen LogP contribution is 2.38. The van der Waals surface area contributed by atoms with Gasteiger partial charge in [0.15, 0.2) is 11.5 Å². The normalized spacial score (nSPS) is 11.2. The molecule has 0 fully saturated rings. The first-order valence-corrected chi connectivity index (χ1v) is 19.8. The third-order valence-electron chi connectivity index (χ3n) is 10.1. The summed E-state index contributed by atoms with van der Waals surface area (Å²) in [4.78, 5) is 40.3. The highest BCUT2D eigenvalue weighted by Gasteiger charge is 2.19. The molecule has 6 rings (SSSR count). The summed E-state index contributed by atoms with van der Waals surface area (Å²) in [6.45, 7) is 3.52. The van der Waals surface area contributed by atoms with Crippen molar-refractivity contribution in [2.45, 2.75) is 44.9 Å². The Hall–Kier alpha value is -6.07. The first-order chi connectivity index (χ1) is 28.4. The maximum atomic E-state index is 13.3. The molecule has 0 saturated heterocycles. The number of fused-ring (bicyclic) bond motifs is 3. The molecule has 6 aromatic rings. The largest absolute Gasteiger partial charge is 0.493 e. The maximum absolute atomic E-state index is 13.3. The fourth-order valence-electron chi connectivity index (χ4n) is 7.12. The lowest BCUT2D eigenvalue weighted by atomic mass is 9.97. The fourth-order valence-corrected chi connectivity index (χ4v) is 7.12. The number of esters is 2. The summed E-state index contributed by atoms with van der Waals surface area (Å²) in [6.07, 6.45) is 6.24. The smallest absolute Gasteiger partial charge is 0.339 e. The van der Waals surface area contributed by atoms with Crippen LogP contribution in [0.1, 0.15) is 65.7 Å². The second-order valence-electron chi connectivity index (χ2n) is 14.0. The summed E-state index contributed by atoms with van der Waals surface area (Å²) < 4.78 is 38.9. The van der Waals surface area contributed by atoms with Gasteiger partial charge in [-0.3, -0.25) is 0 Å². The van der Waals surface area contributed by atoms with Crippen molar-refractivity contribution in [2.24, 2.45) is 0 Å². The Morgan fingerprint density at radius 3 is 1.84 bits per heavy atom. The lowest BCUT2D eigenvalue weighted by Crippen LogP contribution is -2.29. The summed E-state index contributed by atoms with van der Waals surface area (Å²) in [5.74, 6) is 1.05. The summed E-state index contributed by atoms with van der Waals surface area (Å²) in [7, 11) is 4.51. The minimum atomic E-state index is -0.471. The topological polar surface area (TPSA) is 123 Å². The third-order valence-corrected chi connectivity index (χ3v) is 10.1. The molecule has 0 atom stereocenters. The van der Waals surface area contributed by atoms with E-state index in [1.54, 1.807) is 24.3 Å². The molecule has 0 aliphatic rings. The van der Waals surface area contributed by atoms with Gasteiger partial charge in [-0.25, -0.2) is 14.4 Å². The van der Waals surface area contributed by atoms with Gasteiger partial charge in [0.05, 0.1) is 52.3 Å². The van der Waals surface area contributed by atoms with E-state index in [9.17, 15) is 14.4 Å². The Morgan fingerprint density at radius 1 is 0.569 bits per heavy atom. The Balaban J connectivity index is 0.958. The minimum Gasteiger partial charge on any atom is -0.493 e. The van der Waals surface area contributed by atoms with Crippen LogP contribution < -0.4 is 24.6 Å². The Morgan fingerprint density at radius 2 is 1.16 bits per heavy atom. The van der Waals surface area contributed by atoms with E-state index < -0.39 is 11.6 Å². The highest BCUT2D eigenvalue weighted by atomic mass is 16.5. The lowest BCUT2D eigenvalue weighted by molar-refractivity contribution is 0.0483. The van der Waals surface area contributed by atoms with Gasteiger partial charge in [0, 0.05) is 30.6 Å². The van der Waals surface area contributed by atoms with Gasteiger partial charge in [0.1, 0.15) is 11.3 Å². The number of unbranched alkanes of at least 4 members (excludes halogenated alkanes) is 4. The SMILES string of the molecule is COc1cc(C(=O)OCCCN(CCCCCCCOC(=O)c2c3ccccc3cc3ccccc23)CCCOc2ccc3ccc(=O)oc3c2)cc(OC)c1OC. The molecule has 1 heterocycles. The summed E-state index contributed by atoms with van der Waals surface area (Å²) >= 11 is 0. The van der Waals surface area contributed by atoms with Crippen LogP contribution in [0.2, 0.25) is 0 Å². The number of methoxy groups -OCH3 is 3. The monoisotopic (exact) mass is 789 g/mol. The van der Waals surface area contributed by atoms with Gasteiger partial charge in [-0.05, 0) is 90.2 Å². The van der Waals surface area contributed by atoms with E-state index in [-0.39, 0.29) is 12.6 Å². The molecule has 0 aliphatic carbocycles. The minimum absolute atomic E-state index is 0.248. The molecular weight excluding hydrogens is 739 g/mol. The van der Waals surface area contributed by atoms with Gasteiger partial charge in [-0.2, -0.15) is 0 Å². The molecule has 0 spiro atoms. The number of nitrogens with zero attached hydrogens (tertiary/aromatic N) is 1. The van der Waals surface area contributed by atoms with E-state index in [4.69, 9.17) is 32.8 Å². The molecule has 0 radical (unpaired) electrons. The van der Waals surface area contributed by atoms with Crippen molar-refractivity contribution < 1.29 is 42.4 Å². The summed E-state index contributed by atoms with van der Waals surface area (Å²) in [5, 5.41) is 4.69. The Kier molecular flexibility index (Phi) is 15.0. The van der Waals surface area contributed by atoms with E-state index in [0.29, 0.717) is 59.3 Å². The average molecular weight is 790 g/mol. The van der Waals surface area contributed by atoms with Crippen LogP contribution in [-0.4, -0.2) is 77.6 Å². The average Bonchev–Trinajstić information content (AvgIpc) is 3.25. The van der Waals surface area contributed by atoms with Crippen molar-refractivity contribution in [2.75, 3.05) is 60.8 Å². The van der Waals surface area contributed by atoms with Gasteiger partial charge < -0.3 is 37.7 Å². The second-order valence-corrected chi connectivity index (χ2v) is 14.0. The van der Waals surface area contributed by atoms with E-state index in [2.05, 4.69) is 11.0 Å². The number of hydrogen-bond acceptors (Lipinski definition) is 11. The molecule has 0 unspecified atom stereocenters. The van der Waals surface area contributed by atoms with Crippen LogP contribution in [0, 0.1) is 0 Å². The first-order valence-electron chi connectivity index (χ1n) is 19.8. The van der Waals surface area contributed by atoms with Crippen molar-refractivity contribution in [3.05, 3.63) is 119 Å². The van der Waals surface area contributed by atoms with Crippen LogP contribution in [0.3, 0.4) is 0 Å². The zero-order valence-electron chi connectivity index (χ0n) is 33.5. The van der Waals surface area contributed by atoms with Crippen LogP contribution in [0.15, 0.2) is 106 Å². The molecule has 0 aliphatic heterocycles. The van der Waals surface area contributed by atoms with Crippen molar-refractivity contribution >= 4 is 44.5 Å². The van der Waals surface area contributed by atoms with E-state index >= 15 is 0 Å². The number of hydrogen-bond donors (Lipinski definition) is 0. The molecule has 0 bridgehead atoms. The van der Waals surface area contributed by atoms with E-state index in [0.717, 1.165) is 85.1 Å². The van der Waals surface area contributed by atoms with E-state index in [1.165, 1.54) is 27.4 Å².